The maximum Gasteiger partial charge on any atom is 0.271 e. The van der Waals surface area contributed by atoms with Crippen molar-refractivity contribution in [1.82, 2.24) is 10.2 Å². The summed E-state index contributed by atoms with van der Waals surface area (Å²) in [5.74, 6) is -0.0449. The second-order valence-electron chi connectivity index (χ2n) is 6.80. The molecule has 146 valence electrons. The lowest BCUT2D eigenvalue weighted by atomic mass is 10.1. The first kappa shape index (κ1) is 20.1. The third-order valence-electron chi connectivity index (χ3n) is 4.93. The van der Waals surface area contributed by atoms with Gasteiger partial charge in [-0.25, -0.2) is 8.42 Å². The lowest BCUT2D eigenvalue weighted by Gasteiger charge is -2.24. The van der Waals surface area contributed by atoms with Crippen LogP contribution >= 0.6 is 23.7 Å². The lowest BCUT2D eigenvalue weighted by Crippen LogP contribution is -2.39. The molecule has 27 heavy (non-hydrogen) atoms. The van der Waals surface area contributed by atoms with Crippen LogP contribution in [0.1, 0.15) is 29.6 Å². The highest BCUT2D eigenvalue weighted by Gasteiger charge is 2.31. The number of hydrogen-bond donors (Lipinski definition) is 2. The Bertz CT molecular complexity index is 902. The van der Waals surface area contributed by atoms with Crippen LogP contribution in [0.15, 0.2) is 46.0 Å². The first-order chi connectivity index (χ1) is 12.5. The lowest BCUT2D eigenvalue weighted by molar-refractivity contribution is 0.0748. The molecule has 2 fully saturated rings. The summed E-state index contributed by atoms with van der Waals surface area (Å²) in [6.07, 6.45) is 3.26. The molecule has 0 saturated carbocycles. The zero-order valence-corrected chi connectivity index (χ0v) is 17.1. The van der Waals surface area contributed by atoms with E-state index >= 15 is 0 Å². The summed E-state index contributed by atoms with van der Waals surface area (Å²) in [4.78, 5) is 14.8. The van der Waals surface area contributed by atoms with E-state index in [1.807, 2.05) is 4.90 Å². The number of sulfonamides is 1. The zero-order valence-electron chi connectivity index (χ0n) is 14.6. The topological polar surface area (TPSA) is 78.5 Å². The molecule has 2 aromatic rings. The molecule has 1 aromatic carbocycles. The molecule has 9 heteroatoms. The second-order valence-corrected chi connectivity index (χ2v) is 9.65. The van der Waals surface area contributed by atoms with Gasteiger partial charge >= 0.3 is 0 Å². The summed E-state index contributed by atoms with van der Waals surface area (Å²) in [5.41, 5.74) is 0.910. The number of anilines is 1. The van der Waals surface area contributed by atoms with Crippen molar-refractivity contribution in [3.63, 3.8) is 0 Å². The van der Waals surface area contributed by atoms with Crippen LogP contribution in [0.5, 0.6) is 0 Å². The Kier molecular flexibility index (Phi) is 6.10. The number of hydrogen-bond acceptors (Lipinski definition) is 5. The molecule has 2 aliphatic rings. The Morgan fingerprint density at radius 3 is 2.74 bits per heavy atom. The van der Waals surface area contributed by atoms with Gasteiger partial charge in [0.1, 0.15) is 4.21 Å². The van der Waals surface area contributed by atoms with Crippen molar-refractivity contribution >= 4 is 45.4 Å². The van der Waals surface area contributed by atoms with Crippen molar-refractivity contribution in [1.29, 1.82) is 0 Å². The first-order valence-electron chi connectivity index (χ1n) is 8.73. The Balaban J connectivity index is 0.00000210. The van der Waals surface area contributed by atoms with Crippen LogP contribution in [0.2, 0.25) is 0 Å². The van der Waals surface area contributed by atoms with Gasteiger partial charge < -0.3 is 10.2 Å². The summed E-state index contributed by atoms with van der Waals surface area (Å²) >= 11 is 1.16. The molecule has 2 atom stereocenters. The molecule has 3 heterocycles. The molecule has 0 aliphatic carbocycles. The van der Waals surface area contributed by atoms with Crippen LogP contribution in [-0.2, 0) is 10.0 Å². The molecule has 1 aromatic heterocycles. The minimum absolute atomic E-state index is 0. The molecule has 0 spiro atoms. The highest BCUT2D eigenvalue weighted by atomic mass is 35.5. The van der Waals surface area contributed by atoms with E-state index in [4.69, 9.17) is 0 Å². The molecular weight excluding hydrogens is 406 g/mol. The fourth-order valence-electron chi connectivity index (χ4n) is 3.65. The predicted octanol–water partition coefficient (Wildman–Crippen LogP) is 2.94. The van der Waals surface area contributed by atoms with Crippen LogP contribution in [0, 0.1) is 0 Å². The van der Waals surface area contributed by atoms with Gasteiger partial charge in [-0.1, -0.05) is 12.1 Å². The summed E-state index contributed by atoms with van der Waals surface area (Å²) in [7, 11) is -3.62. The number of fused-ring (bicyclic) bond motifs is 2. The standard InChI is InChI=1S/C18H21N3O3S2.ClH/c22-18(21-9-8-14-6-7-16(12-21)19-14)13-3-1-4-15(11-13)20-26(23,24)17-5-2-10-25-17;/h1-5,10-11,14,16,19-20H,6-9,12H2;1H. The van der Waals surface area contributed by atoms with E-state index in [0.29, 0.717) is 29.9 Å². The van der Waals surface area contributed by atoms with Gasteiger partial charge in [0.15, 0.2) is 0 Å². The van der Waals surface area contributed by atoms with Gasteiger partial charge in [-0.15, -0.1) is 23.7 Å². The Morgan fingerprint density at radius 1 is 1.15 bits per heavy atom. The highest BCUT2D eigenvalue weighted by molar-refractivity contribution is 7.94. The number of likely N-dealkylation sites (tertiary alicyclic amines) is 1. The van der Waals surface area contributed by atoms with Gasteiger partial charge in [-0.3, -0.25) is 9.52 Å². The van der Waals surface area contributed by atoms with Gasteiger partial charge in [-0.2, -0.15) is 0 Å². The summed E-state index contributed by atoms with van der Waals surface area (Å²) in [6.45, 7) is 1.44. The SMILES string of the molecule is Cl.O=C(c1cccc(NS(=O)(=O)c2cccs2)c1)N1CCC2CCC(C1)N2. The minimum Gasteiger partial charge on any atom is -0.337 e. The maximum absolute atomic E-state index is 12.9. The zero-order chi connectivity index (χ0) is 18.1. The van der Waals surface area contributed by atoms with Crippen LogP contribution in [-0.4, -0.2) is 44.4 Å². The normalized spacial score (nSPS) is 22.0. The van der Waals surface area contributed by atoms with Gasteiger partial charge in [0, 0.05) is 36.4 Å². The van der Waals surface area contributed by atoms with E-state index in [1.54, 1.807) is 41.8 Å². The second kappa shape index (κ2) is 8.18. The van der Waals surface area contributed by atoms with Crippen LogP contribution in [0.3, 0.4) is 0 Å². The maximum atomic E-state index is 12.9. The number of halogens is 1. The molecule has 4 rings (SSSR count). The van der Waals surface area contributed by atoms with E-state index in [0.717, 1.165) is 30.7 Å². The highest BCUT2D eigenvalue weighted by Crippen LogP contribution is 2.24. The fourth-order valence-corrected chi connectivity index (χ4v) is 5.69. The number of amides is 1. The van der Waals surface area contributed by atoms with Crippen LogP contribution in [0.25, 0.3) is 0 Å². The number of thiophene rings is 1. The molecule has 1 amide bonds. The van der Waals surface area contributed by atoms with Crippen molar-refractivity contribution in [2.75, 3.05) is 17.8 Å². The number of benzene rings is 1. The minimum atomic E-state index is -3.62. The van der Waals surface area contributed by atoms with E-state index in [-0.39, 0.29) is 22.5 Å². The van der Waals surface area contributed by atoms with E-state index in [2.05, 4.69) is 10.0 Å². The molecule has 6 nitrogen and oxygen atoms in total. The molecule has 2 aliphatic heterocycles. The average Bonchev–Trinajstić information content (AvgIpc) is 3.24. The molecular formula is C18H22ClN3O3S2. The molecule has 2 unspecified atom stereocenters. The molecule has 0 radical (unpaired) electrons. The predicted molar refractivity (Wildman–Crippen MR) is 109 cm³/mol. The third-order valence-corrected chi connectivity index (χ3v) is 7.71. The number of rotatable bonds is 4. The Hall–Kier alpha value is -1.61. The van der Waals surface area contributed by atoms with E-state index in [1.165, 1.54) is 6.42 Å². The number of nitrogens with zero attached hydrogens (tertiary/aromatic N) is 1. The van der Waals surface area contributed by atoms with Gasteiger partial charge in [0.05, 0.1) is 0 Å². The number of carbonyl (C=O) groups excluding carboxylic acids is 1. The van der Waals surface area contributed by atoms with Crippen molar-refractivity contribution < 1.29 is 13.2 Å². The van der Waals surface area contributed by atoms with Crippen molar-refractivity contribution in [3.8, 4) is 0 Å². The van der Waals surface area contributed by atoms with Gasteiger partial charge in [-0.05, 0) is 48.9 Å². The molecule has 2 saturated heterocycles. The van der Waals surface area contributed by atoms with Crippen molar-refractivity contribution in [2.24, 2.45) is 0 Å². The van der Waals surface area contributed by atoms with E-state index < -0.39 is 10.0 Å². The van der Waals surface area contributed by atoms with Gasteiger partial charge in [0.2, 0.25) is 0 Å². The number of nitrogens with one attached hydrogen (secondary N) is 2. The molecule has 2 N–H and O–H groups in total. The average molecular weight is 428 g/mol. The summed E-state index contributed by atoms with van der Waals surface area (Å²) in [5, 5.41) is 5.28. The molecule has 2 bridgehead atoms. The Morgan fingerprint density at radius 2 is 1.96 bits per heavy atom. The first-order valence-corrected chi connectivity index (χ1v) is 11.1. The van der Waals surface area contributed by atoms with Crippen LogP contribution < -0.4 is 10.0 Å². The van der Waals surface area contributed by atoms with Crippen molar-refractivity contribution in [3.05, 3.63) is 47.3 Å². The van der Waals surface area contributed by atoms with Crippen molar-refractivity contribution in [2.45, 2.75) is 35.6 Å². The van der Waals surface area contributed by atoms with Crippen LogP contribution in [0.4, 0.5) is 5.69 Å². The van der Waals surface area contributed by atoms with E-state index in [9.17, 15) is 13.2 Å². The Labute approximate surface area is 169 Å². The third kappa shape index (κ3) is 4.45. The number of carbonyl (C=O) groups is 1. The summed E-state index contributed by atoms with van der Waals surface area (Å²) < 4.78 is 27.6. The van der Waals surface area contributed by atoms with Gasteiger partial charge in [0.25, 0.3) is 15.9 Å². The largest absolute Gasteiger partial charge is 0.337 e. The quantitative estimate of drug-likeness (QED) is 0.786. The summed E-state index contributed by atoms with van der Waals surface area (Å²) in [6, 6.07) is 10.9. The fraction of sp³-hybridized carbons (Fsp3) is 0.389. The smallest absolute Gasteiger partial charge is 0.271 e. The monoisotopic (exact) mass is 427 g/mol.